The van der Waals surface area contributed by atoms with E-state index >= 15 is 0 Å². The predicted octanol–water partition coefficient (Wildman–Crippen LogP) is 1.62. The maximum atomic E-state index is 9.07. The molecule has 0 spiro atoms. The largest absolute Gasteiger partial charge is 0.395 e. The molecule has 0 aromatic heterocycles. The van der Waals surface area contributed by atoms with Gasteiger partial charge in [0, 0.05) is 6.04 Å². The van der Waals surface area contributed by atoms with Crippen LogP contribution in [0.4, 0.5) is 0 Å². The number of hydrogen-bond donors (Lipinski definition) is 3. The number of benzene rings is 1. The average molecular weight is 237 g/mol. The van der Waals surface area contributed by atoms with Crippen molar-refractivity contribution in [2.24, 2.45) is 0 Å². The number of aliphatic hydroxyl groups excluding tert-OH is 2. The molecule has 0 aliphatic rings. The first-order valence-corrected chi connectivity index (χ1v) is 6.05. The van der Waals surface area contributed by atoms with Crippen molar-refractivity contribution in [2.75, 3.05) is 13.2 Å². The molecule has 1 aromatic rings. The maximum Gasteiger partial charge on any atom is 0.0607 e. The first-order chi connectivity index (χ1) is 7.99. The van der Waals surface area contributed by atoms with Gasteiger partial charge in [-0.3, -0.25) is 0 Å². The number of hydrogen-bond acceptors (Lipinski definition) is 3. The molecule has 0 fully saturated rings. The lowest BCUT2D eigenvalue weighted by Crippen LogP contribution is -2.37. The molecule has 0 radical (unpaired) electrons. The standard InChI is InChI=1S/C14H23NO2/c1-9-5-11(3)14(6-10(9)2)12(4)15-13(7-16)8-17/h5-6,12-13,15-17H,7-8H2,1-4H3. The van der Waals surface area contributed by atoms with Crippen molar-refractivity contribution < 1.29 is 10.2 Å². The van der Waals surface area contributed by atoms with Gasteiger partial charge in [0.2, 0.25) is 0 Å². The molecule has 17 heavy (non-hydrogen) atoms. The van der Waals surface area contributed by atoms with Crippen LogP contribution in [-0.2, 0) is 0 Å². The van der Waals surface area contributed by atoms with Gasteiger partial charge >= 0.3 is 0 Å². The van der Waals surface area contributed by atoms with Crippen molar-refractivity contribution in [3.63, 3.8) is 0 Å². The summed E-state index contributed by atoms with van der Waals surface area (Å²) in [6.45, 7) is 8.24. The van der Waals surface area contributed by atoms with Gasteiger partial charge in [-0.25, -0.2) is 0 Å². The van der Waals surface area contributed by atoms with E-state index in [9.17, 15) is 0 Å². The lowest BCUT2D eigenvalue weighted by Gasteiger charge is -2.22. The van der Waals surface area contributed by atoms with Crippen LogP contribution in [0.15, 0.2) is 12.1 Å². The van der Waals surface area contributed by atoms with E-state index in [1.54, 1.807) is 0 Å². The molecule has 0 aliphatic carbocycles. The van der Waals surface area contributed by atoms with Crippen LogP contribution in [0.2, 0.25) is 0 Å². The highest BCUT2D eigenvalue weighted by Gasteiger charge is 2.14. The summed E-state index contributed by atoms with van der Waals surface area (Å²) in [5, 5.41) is 21.4. The molecule has 0 saturated heterocycles. The van der Waals surface area contributed by atoms with Crippen LogP contribution >= 0.6 is 0 Å². The highest BCUT2D eigenvalue weighted by atomic mass is 16.3. The Morgan fingerprint density at radius 3 is 2.06 bits per heavy atom. The van der Waals surface area contributed by atoms with Crippen LogP contribution in [0.5, 0.6) is 0 Å². The Balaban J connectivity index is 2.88. The van der Waals surface area contributed by atoms with Gasteiger partial charge in [0.1, 0.15) is 0 Å². The first kappa shape index (κ1) is 14.2. The van der Waals surface area contributed by atoms with Gasteiger partial charge in [0.05, 0.1) is 19.3 Å². The van der Waals surface area contributed by atoms with E-state index in [4.69, 9.17) is 10.2 Å². The molecule has 1 aromatic carbocycles. The third kappa shape index (κ3) is 3.53. The van der Waals surface area contributed by atoms with Gasteiger partial charge in [-0.05, 0) is 49.9 Å². The Kier molecular flexibility index (Phi) is 5.12. The lowest BCUT2D eigenvalue weighted by molar-refractivity contribution is 0.163. The fraction of sp³-hybridized carbons (Fsp3) is 0.571. The number of nitrogens with one attached hydrogen (secondary N) is 1. The molecule has 3 N–H and O–H groups in total. The molecule has 0 bridgehead atoms. The van der Waals surface area contributed by atoms with Crippen LogP contribution in [0.25, 0.3) is 0 Å². The Labute approximate surface area is 103 Å². The summed E-state index contributed by atoms with van der Waals surface area (Å²) in [5.74, 6) is 0. The van der Waals surface area contributed by atoms with E-state index in [1.165, 1.54) is 22.3 Å². The first-order valence-electron chi connectivity index (χ1n) is 6.05. The molecule has 3 heteroatoms. The summed E-state index contributed by atoms with van der Waals surface area (Å²) >= 11 is 0. The number of aryl methyl sites for hydroxylation is 3. The van der Waals surface area contributed by atoms with Gasteiger partial charge in [-0.1, -0.05) is 12.1 Å². The molecule has 0 amide bonds. The van der Waals surface area contributed by atoms with Crippen molar-refractivity contribution in [3.8, 4) is 0 Å². The second kappa shape index (κ2) is 6.15. The third-order valence-electron chi connectivity index (χ3n) is 3.28. The Morgan fingerprint density at radius 2 is 1.53 bits per heavy atom. The minimum absolute atomic E-state index is 0.0509. The summed E-state index contributed by atoms with van der Waals surface area (Å²) in [4.78, 5) is 0. The zero-order chi connectivity index (χ0) is 13.0. The summed E-state index contributed by atoms with van der Waals surface area (Å²) in [7, 11) is 0. The Hall–Kier alpha value is -0.900. The minimum Gasteiger partial charge on any atom is -0.395 e. The highest BCUT2D eigenvalue weighted by Crippen LogP contribution is 2.21. The molecular weight excluding hydrogens is 214 g/mol. The van der Waals surface area contributed by atoms with E-state index in [-0.39, 0.29) is 25.3 Å². The molecule has 3 nitrogen and oxygen atoms in total. The number of rotatable bonds is 5. The fourth-order valence-electron chi connectivity index (χ4n) is 2.06. The van der Waals surface area contributed by atoms with Crippen molar-refractivity contribution in [2.45, 2.75) is 39.8 Å². The van der Waals surface area contributed by atoms with E-state index < -0.39 is 0 Å². The molecule has 1 unspecified atom stereocenters. The Morgan fingerprint density at radius 1 is 1.00 bits per heavy atom. The molecule has 0 heterocycles. The maximum absolute atomic E-state index is 9.07. The zero-order valence-corrected chi connectivity index (χ0v) is 11.1. The van der Waals surface area contributed by atoms with E-state index in [2.05, 4.69) is 45.1 Å². The van der Waals surface area contributed by atoms with E-state index in [0.717, 1.165) is 0 Å². The zero-order valence-electron chi connectivity index (χ0n) is 11.1. The summed E-state index contributed by atoms with van der Waals surface area (Å²) in [5.41, 5.74) is 5.02. The Bertz CT molecular complexity index is 373. The van der Waals surface area contributed by atoms with E-state index in [0.29, 0.717) is 0 Å². The smallest absolute Gasteiger partial charge is 0.0607 e. The molecule has 1 atom stereocenters. The van der Waals surface area contributed by atoms with Gasteiger partial charge in [0.25, 0.3) is 0 Å². The van der Waals surface area contributed by atoms with Crippen molar-refractivity contribution in [1.29, 1.82) is 0 Å². The summed E-state index contributed by atoms with van der Waals surface area (Å²) in [6, 6.07) is 4.22. The normalized spacial score (nSPS) is 13.1. The molecule has 0 aliphatic heterocycles. The number of aliphatic hydroxyl groups is 2. The van der Waals surface area contributed by atoms with Crippen molar-refractivity contribution >= 4 is 0 Å². The van der Waals surface area contributed by atoms with Gasteiger partial charge in [-0.2, -0.15) is 0 Å². The van der Waals surface area contributed by atoms with Crippen LogP contribution in [0.1, 0.15) is 35.2 Å². The monoisotopic (exact) mass is 237 g/mol. The van der Waals surface area contributed by atoms with Crippen LogP contribution in [-0.4, -0.2) is 29.5 Å². The highest BCUT2D eigenvalue weighted by molar-refractivity contribution is 5.38. The minimum atomic E-state index is -0.258. The quantitative estimate of drug-likeness (QED) is 0.729. The molecular formula is C14H23NO2. The fourth-order valence-corrected chi connectivity index (χ4v) is 2.06. The van der Waals surface area contributed by atoms with Gasteiger partial charge in [-0.15, -0.1) is 0 Å². The molecule has 0 saturated carbocycles. The average Bonchev–Trinajstić information content (AvgIpc) is 2.30. The van der Waals surface area contributed by atoms with Crippen LogP contribution < -0.4 is 5.32 Å². The van der Waals surface area contributed by atoms with Gasteiger partial charge in [0.15, 0.2) is 0 Å². The van der Waals surface area contributed by atoms with Crippen molar-refractivity contribution in [3.05, 3.63) is 34.4 Å². The lowest BCUT2D eigenvalue weighted by atomic mass is 9.96. The predicted molar refractivity (Wildman–Crippen MR) is 70.2 cm³/mol. The molecule has 1 rings (SSSR count). The topological polar surface area (TPSA) is 52.5 Å². The van der Waals surface area contributed by atoms with E-state index in [1.807, 2.05) is 0 Å². The third-order valence-corrected chi connectivity index (χ3v) is 3.28. The second-order valence-electron chi connectivity index (χ2n) is 4.74. The second-order valence-corrected chi connectivity index (χ2v) is 4.74. The SMILES string of the molecule is Cc1cc(C)c(C(C)NC(CO)CO)cc1C. The van der Waals surface area contributed by atoms with Gasteiger partial charge < -0.3 is 15.5 Å². The van der Waals surface area contributed by atoms with Crippen LogP contribution in [0, 0.1) is 20.8 Å². The molecule has 96 valence electrons. The summed E-state index contributed by atoms with van der Waals surface area (Å²) < 4.78 is 0. The van der Waals surface area contributed by atoms with Crippen LogP contribution in [0.3, 0.4) is 0 Å². The van der Waals surface area contributed by atoms with Crippen molar-refractivity contribution in [1.82, 2.24) is 5.32 Å². The summed E-state index contributed by atoms with van der Waals surface area (Å²) in [6.07, 6.45) is 0.